The van der Waals surface area contributed by atoms with Gasteiger partial charge in [0.15, 0.2) is 0 Å². The van der Waals surface area contributed by atoms with Gasteiger partial charge < -0.3 is 9.30 Å². The van der Waals surface area contributed by atoms with Crippen molar-refractivity contribution in [1.82, 2.24) is 19.7 Å². The molecule has 0 amide bonds. The van der Waals surface area contributed by atoms with Crippen molar-refractivity contribution in [1.29, 1.82) is 0 Å². The topological polar surface area (TPSA) is 52.8 Å². The molecule has 3 aromatic rings. The fourth-order valence-electron chi connectivity index (χ4n) is 2.14. The van der Waals surface area contributed by atoms with Gasteiger partial charge in [0.2, 0.25) is 0 Å². The molecule has 0 saturated carbocycles. The lowest BCUT2D eigenvalue weighted by atomic mass is 10.3. The van der Waals surface area contributed by atoms with E-state index >= 15 is 0 Å². The van der Waals surface area contributed by atoms with Crippen LogP contribution in [0, 0.1) is 0 Å². The van der Waals surface area contributed by atoms with E-state index in [1.807, 2.05) is 34.9 Å². The lowest BCUT2D eigenvalue weighted by molar-refractivity contribution is 0.415. The molecule has 1 aromatic carbocycles. The molecule has 0 N–H and O–H groups in total. The SMILES string of the molecule is COc1ccc2c(c1)nc(CCl)n2Cc1cccnn1. The Balaban J connectivity index is 2.08. The van der Waals surface area contributed by atoms with E-state index < -0.39 is 0 Å². The van der Waals surface area contributed by atoms with E-state index in [1.54, 1.807) is 13.3 Å². The van der Waals surface area contributed by atoms with Crippen LogP contribution in [0.4, 0.5) is 0 Å². The average molecular weight is 289 g/mol. The van der Waals surface area contributed by atoms with E-state index in [-0.39, 0.29) is 0 Å². The van der Waals surface area contributed by atoms with Crippen LogP contribution in [-0.4, -0.2) is 26.9 Å². The van der Waals surface area contributed by atoms with E-state index in [2.05, 4.69) is 15.2 Å². The lowest BCUT2D eigenvalue weighted by Crippen LogP contribution is -2.05. The second-order valence-electron chi connectivity index (χ2n) is 4.32. The molecule has 2 aromatic heterocycles. The zero-order valence-corrected chi connectivity index (χ0v) is 11.7. The first-order valence-electron chi connectivity index (χ1n) is 6.17. The molecule has 0 radical (unpaired) electrons. The first-order valence-corrected chi connectivity index (χ1v) is 6.71. The molecule has 0 aliphatic rings. The summed E-state index contributed by atoms with van der Waals surface area (Å²) in [6, 6.07) is 9.59. The molecule has 0 atom stereocenters. The highest BCUT2D eigenvalue weighted by atomic mass is 35.5. The number of rotatable bonds is 4. The highest BCUT2D eigenvalue weighted by molar-refractivity contribution is 6.16. The first kappa shape index (κ1) is 12.9. The molecule has 102 valence electrons. The minimum Gasteiger partial charge on any atom is -0.497 e. The van der Waals surface area contributed by atoms with Crippen molar-refractivity contribution in [3.8, 4) is 5.75 Å². The van der Waals surface area contributed by atoms with Crippen LogP contribution in [-0.2, 0) is 12.4 Å². The van der Waals surface area contributed by atoms with Crippen molar-refractivity contribution < 1.29 is 4.74 Å². The van der Waals surface area contributed by atoms with Crippen molar-refractivity contribution >= 4 is 22.6 Å². The van der Waals surface area contributed by atoms with Crippen LogP contribution in [0.15, 0.2) is 36.5 Å². The predicted molar refractivity (Wildman–Crippen MR) is 77.0 cm³/mol. The summed E-state index contributed by atoms with van der Waals surface area (Å²) in [6.07, 6.45) is 1.66. The van der Waals surface area contributed by atoms with Gasteiger partial charge in [0.1, 0.15) is 11.6 Å². The Kier molecular flexibility index (Phi) is 3.52. The molecular weight excluding hydrogens is 276 g/mol. The maximum atomic E-state index is 5.99. The quantitative estimate of drug-likeness (QED) is 0.693. The van der Waals surface area contributed by atoms with Gasteiger partial charge in [-0.3, -0.25) is 0 Å². The fourth-order valence-corrected chi connectivity index (χ4v) is 2.35. The van der Waals surface area contributed by atoms with Crippen LogP contribution in [0.2, 0.25) is 0 Å². The predicted octanol–water partition coefficient (Wildman–Crippen LogP) is 2.62. The minimum absolute atomic E-state index is 0.345. The zero-order chi connectivity index (χ0) is 13.9. The Morgan fingerprint density at radius 1 is 1.30 bits per heavy atom. The lowest BCUT2D eigenvalue weighted by Gasteiger charge is -2.06. The van der Waals surface area contributed by atoms with E-state index in [0.29, 0.717) is 12.4 Å². The molecule has 0 unspecified atom stereocenters. The van der Waals surface area contributed by atoms with Crippen molar-refractivity contribution in [2.24, 2.45) is 0 Å². The highest BCUT2D eigenvalue weighted by Crippen LogP contribution is 2.23. The van der Waals surface area contributed by atoms with Crippen LogP contribution >= 0.6 is 11.6 Å². The van der Waals surface area contributed by atoms with Crippen molar-refractivity contribution in [2.75, 3.05) is 7.11 Å². The fraction of sp³-hybridized carbons (Fsp3) is 0.214. The molecule has 0 fully saturated rings. The molecule has 0 bridgehead atoms. The normalized spacial score (nSPS) is 10.9. The number of nitrogens with zero attached hydrogens (tertiary/aromatic N) is 4. The second-order valence-corrected chi connectivity index (χ2v) is 4.58. The van der Waals surface area contributed by atoms with E-state index in [0.717, 1.165) is 28.3 Å². The number of hydrogen-bond donors (Lipinski definition) is 0. The van der Waals surface area contributed by atoms with Crippen molar-refractivity contribution in [3.63, 3.8) is 0 Å². The molecule has 5 nitrogen and oxygen atoms in total. The van der Waals surface area contributed by atoms with E-state index in [9.17, 15) is 0 Å². The molecular formula is C14H13ClN4O. The number of aromatic nitrogens is 4. The van der Waals surface area contributed by atoms with Crippen LogP contribution in [0.1, 0.15) is 11.5 Å². The van der Waals surface area contributed by atoms with Gasteiger partial charge >= 0.3 is 0 Å². The number of alkyl halides is 1. The summed E-state index contributed by atoms with van der Waals surface area (Å²) in [7, 11) is 1.64. The first-order chi connectivity index (χ1) is 9.81. The number of halogens is 1. The van der Waals surface area contributed by atoms with Gasteiger partial charge in [-0.05, 0) is 24.3 Å². The summed E-state index contributed by atoms with van der Waals surface area (Å²) in [5, 5.41) is 7.99. The largest absolute Gasteiger partial charge is 0.497 e. The molecule has 0 aliphatic carbocycles. The van der Waals surface area contributed by atoms with Crippen LogP contribution < -0.4 is 4.74 Å². The van der Waals surface area contributed by atoms with Crippen LogP contribution in [0.5, 0.6) is 5.75 Å². The van der Waals surface area contributed by atoms with E-state index in [1.165, 1.54) is 0 Å². The molecule has 0 aliphatic heterocycles. The molecule has 0 spiro atoms. The monoisotopic (exact) mass is 288 g/mol. The van der Waals surface area contributed by atoms with Gasteiger partial charge in [-0.1, -0.05) is 0 Å². The molecule has 6 heteroatoms. The smallest absolute Gasteiger partial charge is 0.125 e. The van der Waals surface area contributed by atoms with Gasteiger partial charge in [0, 0.05) is 12.3 Å². The Bertz CT molecular complexity index is 727. The third-order valence-corrected chi connectivity index (χ3v) is 3.34. The Morgan fingerprint density at radius 2 is 2.20 bits per heavy atom. The number of imidazole rings is 1. The summed E-state index contributed by atoms with van der Waals surface area (Å²) in [6.45, 7) is 0.596. The van der Waals surface area contributed by atoms with Crippen LogP contribution in [0.25, 0.3) is 11.0 Å². The number of fused-ring (bicyclic) bond motifs is 1. The maximum absolute atomic E-state index is 5.99. The third kappa shape index (κ3) is 2.32. The number of benzene rings is 1. The standard InChI is InChI=1S/C14H13ClN4O/c1-20-11-4-5-13-12(7-11)17-14(8-15)19(13)9-10-3-2-6-16-18-10/h2-7H,8-9H2,1H3. The summed E-state index contributed by atoms with van der Waals surface area (Å²) >= 11 is 5.99. The molecule has 2 heterocycles. The Labute approximate surface area is 121 Å². The summed E-state index contributed by atoms with van der Waals surface area (Å²) in [5.41, 5.74) is 2.74. The number of methoxy groups -OCH3 is 1. The average Bonchev–Trinajstić information content (AvgIpc) is 2.85. The maximum Gasteiger partial charge on any atom is 0.125 e. The van der Waals surface area contributed by atoms with Gasteiger partial charge in [0.25, 0.3) is 0 Å². The highest BCUT2D eigenvalue weighted by Gasteiger charge is 2.11. The van der Waals surface area contributed by atoms with Crippen molar-refractivity contribution in [3.05, 3.63) is 48.0 Å². The molecule has 20 heavy (non-hydrogen) atoms. The van der Waals surface area contributed by atoms with Gasteiger partial charge in [-0.15, -0.1) is 11.6 Å². The van der Waals surface area contributed by atoms with Gasteiger partial charge in [0.05, 0.1) is 36.3 Å². The summed E-state index contributed by atoms with van der Waals surface area (Å²) in [4.78, 5) is 4.54. The molecule has 3 rings (SSSR count). The second kappa shape index (κ2) is 5.46. The zero-order valence-electron chi connectivity index (χ0n) is 11.0. The van der Waals surface area contributed by atoms with Gasteiger partial charge in [-0.25, -0.2) is 4.98 Å². The number of ether oxygens (including phenoxy) is 1. The molecule has 0 saturated heterocycles. The Morgan fingerprint density at radius 3 is 2.90 bits per heavy atom. The number of hydrogen-bond acceptors (Lipinski definition) is 4. The minimum atomic E-state index is 0.345. The Hall–Kier alpha value is -2.14. The van der Waals surface area contributed by atoms with Crippen molar-refractivity contribution in [2.45, 2.75) is 12.4 Å². The summed E-state index contributed by atoms with van der Waals surface area (Å²) < 4.78 is 7.27. The van der Waals surface area contributed by atoms with Crippen LogP contribution in [0.3, 0.4) is 0 Å². The van der Waals surface area contributed by atoms with Gasteiger partial charge in [-0.2, -0.15) is 10.2 Å². The summed E-state index contributed by atoms with van der Waals surface area (Å²) in [5.74, 6) is 1.93. The van der Waals surface area contributed by atoms with E-state index in [4.69, 9.17) is 16.3 Å². The third-order valence-electron chi connectivity index (χ3n) is 3.10.